The molecule has 2 saturated heterocycles. The SMILES string of the molecule is O=C(O)N[C@H](C(=O)N1[C@@H]2C[C@@H]2C[C@H]1c1nc(-c2ccc(C#Cc3ccc(-c4c[nH]c([C@@H]5C[C@H]6C[C@H]6N5C(=O)[C@@H](NC(=O)O)C5CCC5)n4)cc3)cc2)c[nH]1)C1CCC1. The van der Waals surface area contributed by atoms with Crippen LogP contribution in [-0.4, -0.2) is 88.1 Å². The first-order chi connectivity index (χ1) is 28.2. The molecule has 4 amide bonds. The monoisotopic (exact) mass is 782 g/mol. The molecule has 14 nitrogen and oxygen atoms in total. The molecule has 6 aliphatic rings. The second-order valence-electron chi connectivity index (χ2n) is 17.1. The summed E-state index contributed by atoms with van der Waals surface area (Å²) in [5, 5.41) is 24.0. The van der Waals surface area contributed by atoms with Gasteiger partial charge in [-0.3, -0.25) is 9.59 Å². The standard InChI is InChI=1S/C44H46N8O6/c53-41(37(49-43(55)56)27-3-1-4-27)51-33-17-29(33)19-35(51)39-45-21-31(47-39)25-13-9-23(10-14-25)7-8-24-11-15-26(16-12-24)32-22-46-40(48-32)36-20-30-18-34(30)52(36)42(54)38(50-44(57)58)28-5-2-6-28/h9-16,21-22,27-30,33-38,49-50H,1-6,17-20H2,(H,45,47)(H,46,48)(H,55,56)(H,57,58)/t29-,30-,33-,34-,35+,36+,37+,38+/m1/s1. The zero-order valence-electron chi connectivity index (χ0n) is 31.9. The van der Waals surface area contributed by atoms with Gasteiger partial charge in [0.15, 0.2) is 0 Å². The number of carbonyl (C=O) groups is 4. The lowest BCUT2D eigenvalue weighted by Crippen LogP contribution is -2.54. The minimum Gasteiger partial charge on any atom is -0.465 e. The van der Waals surface area contributed by atoms with E-state index >= 15 is 0 Å². The summed E-state index contributed by atoms with van der Waals surface area (Å²) in [5.74, 6) is 8.66. The average molecular weight is 783 g/mol. The fourth-order valence-electron chi connectivity index (χ4n) is 9.83. The van der Waals surface area contributed by atoms with E-state index < -0.39 is 24.3 Å². The highest BCUT2D eigenvalue weighted by Crippen LogP contribution is 2.55. The van der Waals surface area contributed by atoms with Crippen molar-refractivity contribution in [3.63, 3.8) is 0 Å². The number of fused-ring (bicyclic) bond motifs is 2. The van der Waals surface area contributed by atoms with E-state index in [9.17, 15) is 29.4 Å². The quantitative estimate of drug-likeness (QED) is 0.104. The largest absolute Gasteiger partial charge is 0.465 e. The van der Waals surface area contributed by atoms with Gasteiger partial charge in [0.1, 0.15) is 23.7 Å². The molecule has 0 bridgehead atoms. The summed E-state index contributed by atoms with van der Waals surface area (Å²) in [4.78, 5) is 70.9. The van der Waals surface area contributed by atoms with Gasteiger partial charge in [-0.05, 0) is 99.3 Å². The van der Waals surface area contributed by atoms with Crippen molar-refractivity contribution in [2.45, 2.75) is 100 Å². The first-order valence-electron chi connectivity index (χ1n) is 20.6. The van der Waals surface area contributed by atoms with E-state index in [1.807, 2.05) is 70.7 Å². The minimum atomic E-state index is -1.16. The highest BCUT2D eigenvalue weighted by Gasteiger charge is 2.58. The van der Waals surface area contributed by atoms with Crippen molar-refractivity contribution in [2.24, 2.45) is 23.7 Å². The van der Waals surface area contributed by atoms with Gasteiger partial charge in [-0.1, -0.05) is 48.9 Å². The molecule has 0 radical (unpaired) electrons. The van der Waals surface area contributed by atoms with Crippen molar-refractivity contribution < 1.29 is 29.4 Å². The van der Waals surface area contributed by atoms with E-state index in [0.717, 1.165) is 109 Å². The summed E-state index contributed by atoms with van der Waals surface area (Å²) < 4.78 is 0. The van der Waals surface area contributed by atoms with Crippen molar-refractivity contribution in [3.05, 3.63) is 83.7 Å². The fourth-order valence-corrected chi connectivity index (χ4v) is 9.83. The molecule has 0 unspecified atom stereocenters. The van der Waals surface area contributed by atoms with Crippen LogP contribution in [0.25, 0.3) is 22.5 Å². The van der Waals surface area contributed by atoms with Gasteiger partial charge in [0, 0.05) is 46.7 Å². The van der Waals surface area contributed by atoms with Gasteiger partial charge in [-0.15, -0.1) is 0 Å². The molecule has 298 valence electrons. The van der Waals surface area contributed by atoms with Crippen LogP contribution in [0.5, 0.6) is 0 Å². The summed E-state index contributed by atoms with van der Waals surface area (Å²) in [7, 11) is 0. The van der Waals surface area contributed by atoms with Crippen LogP contribution in [0.3, 0.4) is 0 Å². The Balaban J connectivity index is 0.782. The minimum absolute atomic E-state index is 0.0492. The number of rotatable bonds is 10. The molecule has 6 fully saturated rings. The number of imidazole rings is 2. The van der Waals surface area contributed by atoms with E-state index in [0.29, 0.717) is 11.8 Å². The number of carboxylic acid groups (broad SMARTS) is 2. The lowest BCUT2D eigenvalue weighted by molar-refractivity contribution is -0.138. The lowest BCUT2D eigenvalue weighted by Gasteiger charge is -2.37. The van der Waals surface area contributed by atoms with Crippen LogP contribution in [-0.2, 0) is 9.59 Å². The summed E-state index contributed by atoms with van der Waals surface area (Å²) in [6.07, 6.45) is 10.5. The van der Waals surface area contributed by atoms with Crippen LogP contribution >= 0.6 is 0 Å². The van der Waals surface area contributed by atoms with E-state index in [-0.39, 0.29) is 47.8 Å². The Morgan fingerprint density at radius 1 is 0.621 bits per heavy atom. The van der Waals surface area contributed by atoms with E-state index in [4.69, 9.17) is 9.97 Å². The highest BCUT2D eigenvalue weighted by molar-refractivity contribution is 5.88. The van der Waals surface area contributed by atoms with Gasteiger partial charge in [0.25, 0.3) is 0 Å². The normalized spacial score (nSPS) is 26.6. The summed E-state index contributed by atoms with van der Waals surface area (Å²) in [6.45, 7) is 0. The Bertz CT molecular complexity index is 2160. The number of nitrogens with zero attached hydrogens (tertiary/aromatic N) is 4. The molecule has 8 atom stereocenters. The number of hydrogen-bond acceptors (Lipinski definition) is 6. The molecule has 4 aliphatic carbocycles. The van der Waals surface area contributed by atoms with Gasteiger partial charge < -0.3 is 40.6 Å². The molecule has 14 heteroatoms. The third-order valence-electron chi connectivity index (χ3n) is 13.6. The molecule has 2 aromatic carbocycles. The molecule has 4 saturated carbocycles. The van der Waals surface area contributed by atoms with Crippen molar-refractivity contribution in [2.75, 3.05) is 0 Å². The van der Waals surface area contributed by atoms with Crippen LogP contribution in [0, 0.1) is 35.5 Å². The number of amides is 4. The Morgan fingerprint density at radius 3 is 1.36 bits per heavy atom. The summed E-state index contributed by atoms with van der Waals surface area (Å²) in [5.41, 5.74) is 5.11. The molecule has 10 rings (SSSR count). The first-order valence-corrected chi connectivity index (χ1v) is 20.6. The van der Waals surface area contributed by atoms with Crippen molar-refractivity contribution in [3.8, 4) is 34.4 Å². The van der Waals surface area contributed by atoms with Crippen LogP contribution in [0.1, 0.15) is 99.1 Å². The molecule has 4 heterocycles. The zero-order chi connectivity index (χ0) is 39.7. The predicted octanol–water partition coefficient (Wildman–Crippen LogP) is 6.06. The molecular weight excluding hydrogens is 737 g/mol. The maximum Gasteiger partial charge on any atom is 0.405 e. The van der Waals surface area contributed by atoms with Crippen LogP contribution in [0.15, 0.2) is 60.9 Å². The number of likely N-dealkylation sites (tertiary alicyclic amines) is 2. The van der Waals surface area contributed by atoms with Gasteiger partial charge >= 0.3 is 12.2 Å². The number of aromatic amines is 2. The van der Waals surface area contributed by atoms with Gasteiger partial charge in [0.2, 0.25) is 11.8 Å². The third-order valence-corrected chi connectivity index (χ3v) is 13.6. The number of aromatic nitrogens is 4. The number of piperidine rings is 2. The number of H-pyrrole nitrogens is 2. The number of nitrogens with one attached hydrogen (secondary N) is 4. The van der Waals surface area contributed by atoms with Gasteiger partial charge in [0.05, 0.1) is 23.5 Å². The van der Waals surface area contributed by atoms with E-state index in [1.54, 1.807) is 0 Å². The Morgan fingerprint density at radius 2 is 1.02 bits per heavy atom. The van der Waals surface area contributed by atoms with Crippen LogP contribution in [0.4, 0.5) is 9.59 Å². The van der Waals surface area contributed by atoms with Gasteiger partial charge in [-0.2, -0.15) is 0 Å². The van der Waals surface area contributed by atoms with E-state index in [2.05, 4.69) is 32.4 Å². The van der Waals surface area contributed by atoms with Crippen molar-refractivity contribution in [1.29, 1.82) is 0 Å². The molecule has 0 spiro atoms. The van der Waals surface area contributed by atoms with Gasteiger partial charge in [-0.25, -0.2) is 19.6 Å². The Labute approximate surface area is 335 Å². The average Bonchev–Trinajstić information content (AvgIpc) is 3.76. The highest BCUT2D eigenvalue weighted by atomic mass is 16.4. The first kappa shape index (κ1) is 36.3. The number of carbonyl (C=O) groups excluding carboxylic acids is 2. The maximum absolute atomic E-state index is 13.8. The fraction of sp³-hybridized carbons (Fsp3) is 0.455. The molecular formula is C44H46N8O6. The van der Waals surface area contributed by atoms with E-state index in [1.165, 1.54) is 0 Å². The molecule has 6 N–H and O–H groups in total. The van der Waals surface area contributed by atoms with Crippen LogP contribution < -0.4 is 10.6 Å². The zero-order valence-corrected chi connectivity index (χ0v) is 31.9. The van der Waals surface area contributed by atoms with Crippen molar-refractivity contribution in [1.82, 2.24) is 40.4 Å². The summed E-state index contributed by atoms with van der Waals surface area (Å²) in [6, 6.07) is 14.3. The molecule has 58 heavy (non-hydrogen) atoms. The maximum atomic E-state index is 13.8. The number of benzene rings is 2. The topological polar surface area (TPSA) is 197 Å². The lowest BCUT2D eigenvalue weighted by atomic mass is 9.79. The Kier molecular flexibility index (Phi) is 8.99. The Hall–Kier alpha value is -6.10. The second-order valence-corrected chi connectivity index (χ2v) is 17.1. The van der Waals surface area contributed by atoms with Crippen molar-refractivity contribution >= 4 is 24.0 Å². The molecule has 2 aromatic heterocycles. The summed E-state index contributed by atoms with van der Waals surface area (Å²) >= 11 is 0. The predicted molar refractivity (Wildman–Crippen MR) is 211 cm³/mol. The molecule has 2 aliphatic heterocycles. The molecule has 4 aromatic rings. The third kappa shape index (κ3) is 6.76. The smallest absolute Gasteiger partial charge is 0.405 e. The number of hydrogen-bond donors (Lipinski definition) is 6. The second kappa shape index (κ2) is 14.4. The van der Waals surface area contributed by atoms with Crippen LogP contribution in [0.2, 0.25) is 0 Å².